The highest BCUT2D eigenvalue weighted by atomic mass is 79.9. The van der Waals surface area contributed by atoms with Crippen molar-refractivity contribution in [2.24, 2.45) is 0 Å². The molecule has 0 saturated carbocycles. The first kappa shape index (κ1) is 14.3. The van der Waals surface area contributed by atoms with E-state index in [2.05, 4.69) is 25.9 Å². The number of hydrogen-bond donors (Lipinski definition) is 0. The molecule has 7 heteroatoms. The molecule has 0 aliphatic rings. The zero-order valence-electron chi connectivity index (χ0n) is 11.0. The van der Waals surface area contributed by atoms with Crippen LogP contribution in [0.15, 0.2) is 10.7 Å². The Morgan fingerprint density at radius 2 is 2.05 bits per heavy atom. The van der Waals surface area contributed by atoms with Gasteiger partial charge in [0.15, 0.2) is 5.65 Å². The van der Waals surface area contributed by atoms with Crippen LogP contribution in [0.2, 0.25) is 5.15 Å². The van der Waals surface area contributed by atoms with Gasteiger partial charge in [-0.2, -0.15) is 0 Å². The molecule has 0 aliphatic heterocycles. The van der Waals surface area contributed by atoms with Crippen LogP contribution in [0.4, 0.5) is 4.79 Å². The fourth-order valence-corrected chi connectivity index (χ4v) is 2.59. The summed E-state index contributed by atoms with van der Waals surface area (Å²) < 4.78 is 7.30. The van der Waals surface area contributed by atoms with Crippen LogP contribution in [0.3, 0.4) is 0 Å². The van der Waals surface area contributed by atoms with Crippen molar-refractivity contribution in [2.75, 3.05) is 0 Å². The first-order valence-electron chi connectivity index (χ1n) is 5.63. The van der Waals surface area contributed by atoms with E-state index in [0.29, 0.717) is 26.5 Å². The molecule has 0 saturated heterocycles. The van der Waals surface area contributed by atoms with Gasteiger partial charge in [-0.1, -0.05) is 11.6 Å². The van der Waals surface area contributed by atoms with Crippen LogP contribution >= 0.6 is 27.5 Å². The van der Waals surface area contributed by atoms with Gasteiger partial charge in [0.25, 0.3) is 0 Å². The van der Waals surface area contributed by atoms with E-state index in [1.54, 1.807) is 33.9 Å². The molecule has 0 unspecified atom stereocenters. The first-order chi connectivity index (χ1) is 8.69. The summed E-state index contributed by atoms with van der Waals surface area (Å²) in [7, 11) is 0. The van der Waals surface area contributed by atoms with Crippen LogP contribution in [0.1, 0.15) is 26.6 Å². The third-order valence-corrected chi connectivity index (χ3v) is 3.13. The van der Waals surface area contributed by atoms with E-state index in [-0.39, 0.29) is 0 Å². The Kier molecular flexibility index (Phi) is 3.57. The van der Waals surface area contributed by atoms with E-state index < -0.39 is 11.7 Å². The second kappa shape index (κ2) is 4.76. The molecular weight excluding hydrogens is 334 g/mol. The van der Waals surface area contributed by atoms with Gasteiger partial charge in [-0.3, -0.25) is 0 Å². The molecule has 102 valence electrons. The average molecular weight is 347 g/mol. The van der Waals surface area contributed by atoms with E-state index >= 15 is 0 Å². The number of rotatable bonds is 0. The lowest BCUT2D eigenvalue weighted by atomic mass is 10.2. The van der Waals surface area contributed by atoms with E-state index in [9.17, 15) is 4.79 Å². The van der Waals surface area contributed by atoms with Crippen molar-refractivity contribution in [1.82, 2.24) is 14.5 Å². The highest BCUT2D eigenvalue weighted by Gasteiger charge is 2.22. The summed E-state index contributed by atoms with van der Waals surface area (Å²) in [4.78, 5) is 20.4. The number of aryl methyl sites for hydroxylation is 1. The Balaban J connectivity index is 2.59. The molecule has 2 aromatic heterocycles. The summed E-state index contributed by atoms with van der Waals surface area (Å²) in [6, 6.07) is 0. The standard InChI is InChI=1S/C12H13BrClN3O2/c1-6-15-9(14)8-7(13)5-17(10(8)16-6)11(18)19-12(2,3)4/h5H,1-4H3. The smallest absolute Gasteiger partial charge is 0.420 e. The van der Waals surface area contributed by atoms with Gasteiger partial charge in [0.1, 0.15) is 16.6 Å². The largest absolute Gasteiger partial charge is 0.443 e. The van der Waals surface area contributed by atoms with Crippen molar-refractivity contribution in [3.63, 3.8) is 0 Å². The van der Waals surface area contributed by atoms with Crippen LogP contribution < -0.4 is 0 Å². The Hall–Kier alpha value is -1.14. The predicted molar refractivity (Wildman–Crippen MR) is 76.6 cm³/mol. The maximum atomic E-state index is 12.1. The molecule has 2 heterocycles. The number of hydrogen-bond acceptors (Lipinski definition) is 4. The van der Waals surface area contributed by atoms with Crippen LogP contribution in [-0.4, -0.2) is 26.2 Å². The van der Waals surface area contributed by atoms with Gasteiger partial charge in [0.2, 0.25) is 0 Å². The van der Waals surface area contributed by atoms with Gasteiger partial charge < -0.3 is 4.74 Å². The lowest BCUT2D eigenvalue weighted by Gasteiger charge is -2.19. The maximum Gasteiger partial charge on any atom is 0.420 e. The zero-order valence-corrected chi connectivity index (χ0v) is 13.3. The van der Waals surface area contributed by atoms with Crippen molar-refractivity contribution >= 4 is 44.7 Å². The van der Waals surface area contributed by atoms with Crippen LogP contribution in [0, 0.1) is 6.92 Å². The fraction of sp³-hybridized carbons (Fsp3) is 0.417. The Labute approximate surface area is 124 Å². The molecule has 2 aromatic rings. The first-order valence-corrected chi connectivity index (χ1v) is 6.80. The summed E-state index contributed by atoms with van der Waals surface area (Å²) in [5.74, 6) is 0.493. The number of carbonyl (C=O) groups excluding carboxylic acids is 1. The molecule has 5 nitrogen and oxygen atoms in total. The number of aromatic nitrogens is 3. The van der Waals surface area contributed by atoms with Gasteiger partial charge in [0.05, 0.1) is 5.39 Å². The molecule has 0 atom stereocenters. The van der Waals surface area contributed by atoms with Crippen LogP contribution in [0.5, 0.6) is 0 Å². The SMILES string of the molecule is Cc1nc(Cl)c2c(Br)cn(C(=O)OC(C)(C)C)c2n1. The van der Waals surface area contributed by atoms with Crippen molar-refractivity contribution in [2.45, 2.75) is 33.3 Å². The highest BCUT2D eigenvalue weighted by molar-refractivity contribution is 9.10. The van der Waals surface area contributed by atoms with E-state index in [4.69, 9.17) is 16.3 Å². The molecule has 0 amide bonds. The fourth-order valence-electron chi connectivity index (χ4n) is 1.59. The third-order valence-electron chi connectivity index (χ3n) is 2.26. The van der Waals surface area contributed by atoms with Gasteiger partial charge in [-0.15, -0.1) is 0 Å². The number of carbonyl (C=O) groups is 1. The second-order valence-electron chi connectivity index (χ2n) is 5.09. The summed E-state index contributed by atoms with van der Waals surface area (Å²) >= 11 is 9.42. The molecule has 19 heavy (non-hydrogen) atoms. The van der Waals surface area contributed by atoms with Gasteiger partial charge in [-0.25, -0.2) is 19.3 Å². The van der Waals surface area contributed by atoms with Gasteiger partial charge in [-0.05, 0) is 43.6 Å². The minimum Gasteiger partial charge on any atom is -0.443 e. The summed E-state index contributed by atoms with van der Waals surface area (Å²) in [6.45, 7) is 7.13. The molecule has 0 aromatic carbocycles. The van der Waals surface area contributed by atoms with Crippen LogP contribution in [0.25, 0.3) is 11.0 Å². The zero-order chi connectivity index (χ0) is 14.4. The molecule has 2 rings (SSSR count). The maximum absolute atomic E-state index is 12.1. The molecule has 0 spiro atoms. The highest BCUT2D eigenvalue weighted by Crippen LogP contribution is 2.30. The summed E-state index contributed by atoms with van der Waals surface area (Å²) in [5.41, 5.74) is -0.148. The molecule has 0 N–H and O–H groups in total. The predicted octanol–water partition coefficient (Wildman–Crippen LogP) is 3.94. The molecule has 0 radical (unpaired) electrons. The lowest BCUT2D eigenvalue weighted by Crippen LogP contribution is -2.27. The van der Waals surface area contributed by atoms with E-state index in [1.165, 1.54) is 4.57 Å². The average Bonchev–Trinajstić information content (AvgIpc) is 2.53. The van der Waals surface area contributed by atoms with Crippen LogP contribution in [-0.2, 0) is 4.74 Å². The minimum absolute atomic E-state index is 0.302. The Morgan fingerprint density at radius 3 is 2.63 bits per heavy atom. The molecule has 0 aliphatic carbocycles. The number of nitrogens with zero attached hydrogens (tertiary/aromatic N) is 3. The van der Waals surface area contributed by atoms with Gasteiger partial charge >= 0.3 is 6.09 Å². The minimum atomic E-state index is -0.577. The quantitative estimate of drug-likeness (QED) is 0.678. The van der Waals surface area contributed by atoms with E-state index in [1.807, 2.05) is 0 Å². The lowest BCUT2D eigenvalue weighted by molar-refractivity contribution is 0.0543. The van der Waals surface area contributed by atoms with E-state index in [0.717, 1.165) is 0 Å². The number of fused-ring (bicyclic) bond motifs is 1. The summed E-state index contributed by atoms with van der Waals surface area (Å²) in [6.07, 6.45) is 1.08. The monoisotopic (exact) mass is 345 g/mol. The third kappa shape index (κ3) is 2.90. The summed E-state index contributed by atoms with van der Waals surface area (Å²) in [5, 5.41) is 0.898. The van der Waals surface area contributed by atoms with Gasteiger partial charge in [0, 0.05) is 10.7 Å². The molecular formula is C12H13BrClN3O2. The molecule has 0 fully saturated rings. The number of ether oxygens (including phenoxy) is 1. The number of halogens is 2. The normalized spacial score (nSPS) is 11.9. The topological polar surface area (TPSA) is 57.0 Å². The second-order valence-corrected chi connectivity index (χ2v) is 6.30. The molecule has 0 bridgehead atoms. The Morgan fingerprint density at radius 1 is 1.42 bits per heavy atom. The van der Waals surface area contributed by atoms with Crippen molar-refractivity contribution in [3.8, 4) is 0 Å². The van der Waals surface area contributed by atoms with Crippen molar-refractivity contribution in [3.05, 3.63) is 21.6 Å². The van der Waals surface area contributed by atoms with Crippen molar-refractivity contribution in [1.29, 1.82) is 0 Å². The Bertz CT molecular complexity index is 661. The van der Waals surface area contributed by atoms with Crippen molar-refractivity contribution < 1.29 is 9.53 Å².